The Bertz CT molecular complexity index is 583. The van der Waals surface area contributed by atoms with E-state index in [9.17, 15) is 4.79 Å². The lowest BCUT2D eigenvalue weighted by atomic mass is 10.3. The van der Waals surface area contributed by atoms with Crippen molar-refractivity contribution in [2.24, 2.45) is 5.73 Å². The van der Waals surface area contributed by atoms with Crippen molar-refractivity contribution in [3.63, 3.8) is 0 Å². The molecule has 1 atom stereocenters. The summed E-state index contributed by atoms with van der Waals surface area (Å²) in [6.45, 7) is 2.09. The highest BCUT2D eigenvalue weighted by Gasteiger charge is 2.13. The summed E-state index contributed by atoms with van der Waals surface area (Å²) in [5.41, 5.74) is 6.68. The fraction of sp³-hybridized carbons (Fsp3) is 0.214. The molecule has 0 spiro atoms. The first-order valence-corrected chi connectivity index (χ1v) is 8.57. The summed E-state index contributed by atoms with van der Waals surface area (Å²) in [4.78, 5) is 13.4. The monoisotopic (exact) mass is 370 g/mol. The zero-order valence-electron chi connectivity index (χ0n) is 10.9. The molecule has 0 saturated heterocycles. The van der Waals surface area contributed by atoms with Crippen molar-refractivity contribution < 1.29 is 4.79 Å². The Kier molecular flexibility index (Phi) is 5.65. The SMILES string of the molecule is CC(=O)Nc1ccc(SC(CN)c2ccc(Br)s2)cc1. The summed E-state index contributed by atoms with van der Waals surface area (Å²) in [7, 11) is 0. The van der Waals surface area contributed by atoms with E-state index < -0.39 is 0 Å². The minimum Gasteiger partial charge on any atom is -0.329 e. The van der Waals surface area contributed by atoms with E-state index >= 15 is 0 Å². The van der Waals surface area contributed by atoms with Crippen molar-refractivity contribution in [1.82, 2.24) is 0 Å². The second kappa shape index (κ2) is 7.26. The second-order valence-electron chi connectivity index (χ2n) is 4.19. The minimum atomic E-state index is -0.0614. The van der Waals surface area contributed by atoms with Crippen molar-refractivity contribution in [2.75, 3.05) is 11.9 Å². The molecule has 0 aliphatic heterocycles. The predicted octanol–water partition coefficient (Wildman–Crippen LogP) is 4.26. The van der Waals surface area contributed by atoms with Gasteiger partial charge in [-0.2, -0.15) is 0 Å². The van der Waals surface area contributed by atoms with E-state index in [1.54, 1.807) is 23.1 Å². The Morgan fingerprint density at radius 2 is 2.05 bits per heavy atom. The van der Waals surface area contributed by atoms with Crippen molar-refractivity contribution in [3.05, 3.63) is 45.1 Å². The number of hydrogen-bond acceptors (Lipinski definition) is 4. The maximum Gasteiger partial charge on any atom is 0.221 e. The maximum atomic E-state index is 11.0. The van der Waals surface area contributed by atoms with Gasteiger partial charge in [0, 0.05) is 28.9 Å². The van der Waals surface area contributed by atoms with Crippen LogP contribution in [0.2, 0.25) is 0 Å². The van der Waals surface area contributed by atoms with Gasteiger partial charge in [-0.1, -0.05) is 0 Å². The first kappa shape index (κ1) is 15.6. The Labute approximate surface area is 135 Å². The summed E-state index contributed by atoms with van der Waals surface area (Å²) in [5.74, 6) is -0.0614. The summed E-state index contributed by atoms with van der Waals surface area (Å²) in [5, 5.41) is 3.01. The number of anilines is 1. The topological polar surface area (TPSA) is 55.1 Å². The van der Waals surface area contributed by atoms with E-state index in [1.165, 1.54) is 11.8 Å². The summed E-state index contributed by atoms with van der Waals surface area (Å²) >= 11 is 6.92. The fourth-order valence-electron chi connectivity index (χ4n) is 1.71. The number of hydrogen-bond donors (Lipinski definition) is 2. The summed E-state index contributed by atoms with van der Waals surface area (Å²) < 4.78 is 1.12. The van der Waals surface area contributed by atoms with Gasteiger partial charge in [0.15, 0.2) is 0 Å². The zero-order valence-corrected chi connectivity index (χ0v) is 14.1. The first-order valence-electron chi connectivity index (χ1n) is 6.08. The Hall–Kier alpha value is -0.820. The first-order chi connectivity index (χ1) is 9.58. The van der Waals surface area contributed by atoms with E-state index in [4.69, 9.17) is 5.73 Å². The largest absolute Gasteiger partial charge is 0.329 e. The van der Waals surface area contributed by atoms with Crippen LogP contribution < -0.4 is 11.1 Å². The zero-order chi connectivity index (χ0) is 14.5. The Morgan fingerprint density at radius 1 is 1.35 bits per heavy atom. The van der Waals surface area contributed by atoms with Gasteiger partial charge in [0.1, 0.15) is 0 Å². The van der Waals surface area contributed by atoms with Crippen molar-refractivity contribution in [1.29, 1.82) is 0 Å². The van der Waals surface area contributed by atoms with Crippen molar-refractivity contribution in [3.8, 4) is 0 Å². The molecule has 6 heteroatoms. The van der Waals surface area contributed by atoms with Crippen molar-refractivity contribution in [2.45, 2.75) is 17.1 Å². The molecule has 1 unspecified atom stereocenters. The molecule has 2 rings (SSSR count). The Balaban J connectivity index is 2.06. The van der Waals surface area contributed by atoms with Gasteiger partial charge < -0.3 is 11.1 Å². The molecule has 0 radical (unpaired) electrons. The van der Waals surface area contributed by atoms with Crippen LogP contribution in [0.3, 0.4) is 0 Å². The highest BCUT2D eigenvalue weighted by Crippen LogP contribution is 2.39. The lowest BCUT2D eigenvalue weighted by Gasteiger charge is -2.13. The predicted molar refractivity (Wildman–Crippen MR) is 90.4 cm³/mol. The number of thioether (sulfide) groups is 1. The van der Waals surface area contributed by atoms with E-state index in [2.05, 4.69) is 27.3 Å². The van der Waals surface area contributed by atoms with Gasteiger partial charge in [-0.05, 0) is 52.3 Å². The van der Waals surface area contributed by atoms with E-state index in [1.807, 2.05) is 30.3 Å². The van der Waals surface area contributed by atoms with Gasteiger partial charge in [-0.15, -0.1) is 23.1 Å². The van der Waals surface area contributed by atoms with Gasteiger partial charge in [-0.25, -0.2) is 0 Å². The molecular formula is C14H15BrN2OS2. The van der Waals surface area contributed by atoms with Crippen LogP contribution in [0.4, 0.5) is 5.69 Å². The highest BCUT2D eigenvalue weighted by molar-refractivity contribution is 9.11. The molecule has 3 N–H and O–H groups in total. The van der Waals surface area contributed by atoms with Gasteiger partial charge in [0.05, 0.1) is 9.04 Å². The lowest BCUT2D eigenvalue weighted by Crippen LogP contribution is -2.08. The van der Waals surface area contributed by atoms with Crippen LogP contribution in [0, 0.1) is 0 Å². The van der Waals surface area contributed by atoms with Crippen LogP contribution in [0.15, 0.2) is 45.1 Å². The number of nitrogens with two attached hydrogens (primary N) is 1. The van der Waals surface area contributed by atoms with E-state index in [0.29, 0.717) is 6.54 Å². The molecule has 1 aromatic heterocycles. The van der Waals surface area contributed by atoms with Gasteiger partial charge in [0.2, 0.25) is 5.91 Å². The molecule has 2 aromatic rings. The number of carbonyl (C=O) groups is 1. The lowest BCUT2D eigenvalue weighted by molar-refractivity contribution is -0.114. The summed E-state index contributed by atoms with van der Waals surface area (Å²) in [6, 6.07) is 12.0. The van der Waals surface area contributed by atoms with Crippen LogP contribution >= 0.6 is 39.0 Å². The number of benzene rings is 1. The van der Waals surface area contributed by atoms with Crippen LogP contribution in [0.5, 0.6) is 0 Å². The molecule has 106 valence electrons. The second-order valence-corrected chi connectivity index (χ2v) is 7.96. The van der Waals surface area contributed by atoms with Crippen LogP contribution in [-0.4, -0.2) is 12.5 Å². The number of amides is 1. The van der Waals surface area contributed by atoms with Crippen LogP contribution in [0.1, 0.15) is 17.1 Å². The maximum absolute atomic E-state index is 11.0. The number of thiophene rings is 1. The standard InChI is InChI=1S/C14H15BrN2OS2/c1-9(18)17-10-2-4-11(5-3-10)19-13(8-16)12-6-7-14(15)20-12/h2-7,13H,8,16H2,1H3,(H,17,18). The fourth-order valence-corrected chi connectivity index (χ4v) is 4.33. The smallest absolute Gasteiger partial charge is 0.221 e. The third-order valence-electron chi connectivity index (χ3n) is 2.58. The van der Waals surface area contributed by atoms with E-state index in [-0.39, 0.29) is 11.2 Å². The molecule has 20 heavy (non-hydrogen) atoms. The summed E-state index contributed by atoms with van der Waals surface area (Å²) in [6.07, 6.45) is 0. The Morgan fingerprint density at radius 3 is 2.55 bits per heavy atom. The van der Waals surface area contributed by atoms with Crippen LogP contribution in [-0.2, 0) is 4.79 Å². The molecule has 1 heterocycles. The van der Waals surface area contributed by atoms with Crippen LogP contribution in [0.25, 0.3) is 0 Å². The molecule has 0 aliphatic carbocycles. The third-order valence-corrected chi connectivity index (χ3v) is 5.74. The normalized spacial score (nSPS) is 12.2. The quantitative estimate of drug-likeness (QED) is 0.772. The van der Waals surface area contributed by atoms with Gasteiger partial charge in [-0.3, -0.25) is 4.79 Å². The van der Waals surface area contributed by atoms with Gasteiger partial charge in [0.25, 0.3) is 0 Å². The number of carbonyl (C=O) groups excluding carboxylic acids is 1. The number of nitrogens with one attached hydrogen (secondary N) is 1. The molecule has 0 fully saturated rings. The molecule has 3 nitrogen and oxygen atoms in total. The molecule has 1 aromatic carbocycles. The molecule has 1 amide bonds. The third kappa shape index (κ3) is 4.34. The highest BCUT2D eigenvalue weighted by atomic mass is 79.9. The average molecular weight is 371 g/mol. The minimum absolute atomic E-state index is 0.0614. The average Bonchev–Trinajstić information content (AvgIpc) is 2.84. The molecule has 0 bridgehead atoms. The number of halogens is 1. The van der Waals surface area contributed by atoms with Crippen molar-refractivity contribution >= 4 is 50.6 Å². The van der Waals surface area contributed by atoms with E-state index in [0.717, 1.165) is 14.4 Å². The number of rotatable bonds is 5. The molecule has 0 aliphatic rings. The molecular weight excluding hydrogens is 356 g/mol. The van der Waals surface area contributed by atoms with Gasteiger partial charge >= 0.3 is 0 Å². The molecule has 0 saturated carbocycles.